The van der Waals surface area contributed by atoms with Crippen molar-refractivity contribution in [1.82, 2.24) is 0 Å². The minimum Gasteiger partial charge on any atom is -0.488 e. The van der Waals surface area contributed by atoms with Crippen LogP contribution in [-0.2, 0) is 6.61 Å². The molecule has 4 nitrogen and oxygen atoms in total. The third kappa shape index (κ3) is 3.09. The Bertz CT molecular complexity index is 651. The first-order valence-corrected chi connectivity index (χ1v) is 6.35. The third-order valence-corrected chi connectivity index (χ3v) is 3.16. The Morgan fingerprint density at radius 2 is 1.90 bits per heavy atom. The van der Waals surface area contributed by atoms with Gasteiger partial charge in [-0.3, -0.25) is 4.79 Å². The first-order valence-electron chi connectivity index (χ1n) is 6.35. The van der Waals surface area contributed by atoms with Gasteiger partial charge in [0, 0.05) is 11.8 Å². The van der Waals surface area contributed by atoms with Gasteiger partial charge in [-0.15, -0.1) is 0 Å². The van der Waals surface area contributed by atoms with Crippen molar-refractivity contribution >= 4 is 11.6 Å². The van der Waals surface area contributed by atoms with Gasteiger partial charge >= 0.3 is 0 Å². The molecule has 2 rings (SSSR count). The standard InChI is InChI=1S/C16H18N2O2/c1-10-3-4-11(2)12(7-10)9-20-15-8-13(17)5-6-14(15)16(18)19/h3-8H,9,17H2,1-2H3,(H2,18,19). The van der Waals surface area contributed by atoms with Crippen LogP contribution in [0.25, 0.3) is 0 Å². The van der Waals surface area contributed by atoms with Gasteiger partial charge in [0.25, 0.3) is 5.91 Å². The lowest BCUT2D eigenvalue weighted by Gasteiger charge is -2.12. The second-order valence-corrected chi connectivity index (χ2v) is 4.84. The fourth-order valence-electron chi connectivity index (χ4n) is 1.97. The van der Waals surface area contributed by atoms with E-state index in [-0.39, 0.29) is 0 Å². The molecule has 0 aliphatic carbocycles. The van der Waals surface area contributed by atoms with Crippen molar-refractivity contribution in [3.8, 4) is 5.75 Å². The Morgan fingerprint density at radius 3 is 2.60 bits per heavy atom. The Labute approximate surface area is 118 Å². The molecule has 0 aliphatic heterocycles. The van der Waals surface area contributed by atoms with Crippen LogP contribution in [0.4, 0.5) is 5.69 Å². The summed E-state index contributed by atoms with van der Waals surface area (Å²) in [6.07, 6.45) is 0. The van der Waals surface area contributed by atoms with Crippen molar-refractivity contribution in [3.63, 3.8) is 0 Å². The van der Waals surface area contributed by atoms with E-state index in [1.165, 1.54) is 0 Å². The van der Waals surface area contributed by atoms with Crippen LogP contribution < -0.4 is 16.2 Å². The van der Waals surface area contributed by atoms with Crippen LogP contribution in [0.1, 0.15) is 27.0 Å². The number of carbonyl (C=O) groups excluding carboxylic acids is 1. The minimum atomic E-state index is -0.527. The van der Waals surface area contributed by atoms with Crippen LogP contribution in [-0.4, -0.2) is 5.91 Å². The van der Waals surface area contributed by atoms with Crippen LogP contribution in [0.15, 0.2) is 36.4 Å². The van der Waals surface area contributed by atoms with Crippen LogP contribution in [0.3, 0.4) is 0 Å². The number of anilines is 1. The fraction of sp³-hybridized carbons (Fsp3) is 0.188. The summed E-state index contributed by atoms with van der Waals surface area (Å²) in [5.41, 5.74) is 15.3. The van der Waals surface area contributed by atoms with Gasteiger partial charge in [-0.2, -0.15) is 0 Å². The van der Waals surface area contributed by atoms with Crippen molar-refractivity contribution in [3.05, 3.63) is 58.7 Å². The molecular formula is C16H18N2O2. The predicted octanol–water partition coefficient (Wildman–Crippen LogP) is 2.56. The summed E-state index contributed by atoms with van der Waals surface area (Å²) in [4.78, 5) is 11.4. The molecule has 0 fully saturated rings. The number of hydrogen-bond donors (Lipinski definition) is 2. The zero-order chi connectivity index (χ0) is 14.7. The van der Waals surface area contributed by atoms with Gasteiger partial charge in [0.2, 0.25) is 0 Å². The summed E-state index contributed by atoms with van der Waals surface area (Å²) in [6, 6.07) is 11.0. The normalized spacial score (nSPS) is 10.3. The zero-order valence-electron chi connectivity index (χ0n) is 11.6. The molecule has 0 heterocycles. The highest BCUT2D eigenvalue weighted by molar-refractivity contribution is 5.96. The number of aryl methyl sites for hydroxylation is 2. The van der Waals surface area contributed by atoms with Crippen LogP contribution in [0.2, 0.25) is 0 Å². The van der Waals surface area contributed by atoms with Crippen molar-refractivity contribution in [2.45, 2.75) is 20.5 Å². The molecule has 0 aliphatic rings. The van der Waals surface area contributed by atoms with Crippen LogP contribution >= 0.6 is 0 Å². The summed E-state index contributed by atoms with van der Waals surface area (Å²) in [7, 11) is 0. The molecule has 4 heteroatoms. The fourth-order valence-corrected chi connectivity index (χ4v) is 1.97. The molecule has 0 saturated carbocycles. The minimum absolute atomic E-state index is 0.338. The molecule has 0 unspecified atom stereocenters. The molecule has 0 bridgehead atoms. The van der Waals surface area contributed by atoms with Gasteiger partial charge < -0.3 is 16.2 Å². The van der Waals surface area contributed by atoms with E-state index in [0.29, 0.717) is 23.6 Å². The Kier molecular flexibility index (Phi) is 3.94. The maximum Gasteiger partial charge on any atom is 0.252 e. The summed E-state index contributed by atoms with van der Waals surface area (Å²) >= 11 is 0. The highest BCUT2D eigenvalue weighted by atomic mass is 16.5. The second kappa shape index (κ2) is 5.65. The lowest BCUT2D eigenvalue weighted by atomic mass is 10.1. The maximum absolute atomic E-state index is 11.4. The quantitative estimate of drug-likeness (QED) is 0.838. The van der Waals surface area contributed by atoms with E-state index < -0.39 is 5.91 Å². The summed E-state index contributed by atoms with van der Waals surface area (Å²) in [5.74, 6) is -0.112. The van der Waals surface area contributed by atoms with Gasteiger partial charge in [0.15, 0.2) is 0 Å². The molecule has 20 heavy (non-hydrogen) atoms. The molecule has 0 radical (unpaired) electrons. The monoisotopic (exact) mass is 270 g/mol. The number of hydrogen-bond acceptors (Lipinski definition) is 3. The molecule has 2 aromatic rings. The van der Waals surface area contributed by atoms with Crippen molar-refractivity contribution in [1.29, 1.82) is 0 Å². The van der Waals surface area contributed by atoms with E-state index in [9.17, 15) is 4.79 Å². The van der Waals surface area contributed by atoms with Crippen LogP contribution in [0.5, 0.6) is 5.75 Å². The number of nitrogen functional groups attached to an aromatic ring is 1. The average Bonchev–Trinajstić information content (AvgIpc) is 2.39. The SMILES string of the molecule is Cc1ccc(C)c(COc2cc(N)ccc2C(N)=O)c1. The van der Waals surface area contributed by atoms with E-state index in [0.717, 1.165) is 16.7 Å². The number of ether oxygens (including phenoxy) is 1. The molecule has 4 N–H and O–H groups in total. The Morgan fingerprint density at radius 1 is 1.15 bits per heavy atom. The van der Waals surface area contributed by atoms with Gasteiger partial charge in [0.05, 0.1) is 5.56 Å². The van der Waals surface area contributed by atoms with E-state index in [1.807, 2.05) is 26.0 Å². The number of nitrogens with two attached hydrogens (primary N) is 2. The average molecular weight is 270 g/mol. The van der Waals surface area contributed by atoms with Gasteiger partial charge in [-0.1, -0.05) is 23.8 Å². The maximum atomic E-state index is 11.4. The van der Waals surface area contributed by atoms with Gasteiger partial charge in [-0.25, -0.2) is 0 Å². The van der Waals surface area contributed by atoms with Gasteiger partial charge in [-0.05, 0) is 37.1 Å². The molecular weight excluding hydrogens is 252 g/mol. The van der Waals surface area contributed by atoms with Gasteiger partial charge in [0.1, 0.15) is 12.4 Å². The third-order valence-electron chi connectivity index (χ3n) is 3.16. The number of benzene rings is 2. The number of primary amides is 1. The Balaban J connectivity index is 2.24. The predicted molar refractivity (Wildman–Crippen MR) is 79.6 cm³/mol. The lowest BCUT2D eigenvalue weighted by molar-refractivity contribution is 0.0996. The number of rotatable bonds is 4. The zero-order valence-corrected chi connectivity index (χ0v) is 11.6. The smallest absolute Gasteiger partial charge is 0.252 e. The number of amides is 1. The van der Waals surface area contributed by atoms with E-state index in [1.54, 1.807) is 18.2 Å². The summed E-state index contributed by atoms with van der Waals surface area (Å²) in [6.45, 7) is 4.42. The molecule has 2 aromatic carbocycles. The molecule has 0 aromatic heterocycles. The summed E-state index contributed by atoms with van der Waals surface area (Å²) < 4.78 is 5.72. The second-order valence-electron chi connectivity index (χ2n) is 4.84. The molecule has 1 amide bonds. The molecule has 0 spiro atoms. The lowest BCUT2D eigenvalue weighted by Crippen LogP contribution is -2.13. The molecule has 0 saturated heterocycles. The first kappa shape index (κ1) is 13.9. The molecule has 0 atom stereocenters. The van der Waals surface area contributed by atoms with Crippen molar-refractivity contribution < 1.29 is 9.53 Å². The van der Waals surface area contributed by atoms with Crippen molar-refractivity contribution in [2.75, 3.05) is 5.73 Å². The summed E-state index contributed by atoms with van der Waals surface area (Å²) in [5, 5.41) is 0. The van der Waals surface area contributed by atoms with E-state index in [4.69, 9.17) is 16.2 Å². The largest absolute Gasteiger partial charge is 0.488 e. The number of carbonyl (C=O) groups is 1. The van der Waals surface area contributed by atoms with Crippen LogP contribution in [0, 0.1) is 13.8 Å². The first-order chi connectivity index (χ1) is 9.47. The van der Waals surface area contributed by atoms with E-state index >= 15 is 0 Å². The molecule has 104 valence electrons. The Hall–Kier alpha value is -2.49. The van der Waals surface area contributed by atoms with E-state index in [2.05, 4.69) is 6.07 Å². The van der Waals surface area contributed by atoms with Crippen molar-refractivity contribution in [2.24, 2.45) is 5.73 Å². The highest BCUT2D eigenvalue weighted by Gasteiger charge is 2.10. The topological polar surface area (TPSA) is 78.3 Å². The highest BCUT2D eigenvalue weighted by Crippen LogP contribution is 2.23.